The monoisotopic (exact) mass is 441 g/mol. The van der Waals surface area contributed by atoms with Crippen molar-refractivity contribution in [3.63, 3.8) is 0 Å². The maximum atomic E-state index is 11.7. The number of hydrogen-bond donors (Lipinski definition) is 1. The van der Waals surface area contributed by atoms with E-state index in [0.717, 1.165) is 38.5 Å². The van der Waals surface area contributed by atoms with Crippen molar-refractivity contribution in [2.75, 3.05) is 19.8 Å². The first-order valence-corrected chi connectivity index (χ1v) is 13.3. The van der Waals surface area contributed by atoms with E-state index in [9.17, 15) is 9.59 Å². The zero-order valence-corrected chi connectivity index (χ0v) is 20.7. The Kier molecular flexibility index (Phi) is 24.0. The highest BCUT2D eigenvalue weighted by Crippen LogP contribution is 2.13. The molecule has 0 saturated carbocycles. The average Bonchev–Trinajstić information content (AvgIpc) is 2.77. The van der Waals surface area contributed by atoms with Crippen LogP contribution in [0.15, 0.2) is 0 Å². The van der Waals surface area contributed by atoms with Crippen molar-refractivity contribution in [1.29, 1.82) is 0 Å². The lowest BCUT2D eigenvalue weighted by atomic mass is 10.0. The normalized spacial score (nSPS) is 10.8. The van der Waals surface area contributed by atoms with E-state index in [1.165, 1.54) is 77.0 Å². The van der Waals surface area contributed by atoms with Gasteiger partial charge in [-0.1, -0.05) is 104 Å². The molecule has 0 aliphatic rings. The topological polar surface area (TPSA) is 64.6 Å². The molecular weight excluding hydrogens is 390 g/mol. The number of carbonyl (C=O) groups excluding carboxylic acids is 2. The third-order valence-corrected chi connectivity index (χ3v) is 5.53. The van der Waals surface area contributed by atoms with Gasteiger partial charge in [-0.3, -0.25) is 4.79 Å². The van der Waals surface area contributed by atoms with E-state index in [1.807, 2.05) is 6.92 Å². The highest BCUT2D eigenvalue weighted by Gasteiger charge is 2.03. The molecule has 0 fully saturated rings. The molecule has 31 heavy (non-hydrogen) atoms. The molecule has 0 rings (SSSR count). The maximum Gasteiger partial charge on any atom is 0.407 e. The van der Waals surface area contributed by atoms with E-state index in [4.69, 9.17) is 9.47 Å². The van der Waals surface area contributed by atoms with E-state index in [2.05, 4.69) is 12.2 Å². The van der Waals surface area contributed by atoms with E-state index >= 15 is 0 Å². The quantitative estimate of drug-likeness (QED) is 0.130. The molecule has 1 amide bonds. The second kappa shape index (κ2) is 25.0. The second-order valence-electron chi connectivity index (χ2n) is 8.69. The number of nitrogens with one attached hydrogen (secondary N) is 1. The van der Waals surface area contributed by atoms with Crippen molar-refractivity contribution < 1.29 is 19.1 Å². The molecule has 0 bridgehead atoms. The first kappa shape index (κ1) is 29.7. The fraction of sp³-hybridized carbons (Fsp3) is 0.923. The van der Waals surface area contributed by atoms with Gasteiger partial charge in [0.25, 0.3) is 0 Å². The van der Waals surface area contributed by atoms with Crippen LogP contribution < -0.4 is 5.32 Å². The number of rotatable bonds is 23. The molecule has 5 nitrogen and oxygen atoms in total. The minimum absolute atomic E-state index is 0.0926. The number of unbranched alkanes of at least 4 members (excludes halogenated alkanes) is 15. The molecule has 0 aliphatic heterocycles. The van der Waals surface area contributed by atoms with Crippen LogP contribution >= 0.6 is 0 Å². The molecule has 5 heteroatoms. The van der Waals surface area contributed by atoms with Gasteiger partial charge in [-0.05, 0) is 25.7 Å². The molecule has 0 heterocycles. The van der Waals surface area contributed by atoms with Crippen LogP contribution in [0.25, 0.3) is 0 Å². The van der Waals surface area contributed by atoms with Gasteiger partial charge in [-0.15, -0.1) is 0 Å². The van der Waals surface area contributed by atoms with Crippen LogP contribution in [0.4, 0.5) is 4.79 Å². The molecule has 0 aromatic carbocycles. The maximum absolute atomic E-state index is 11.7. The van der Waals surface area contributed by atoms with Crippen molar-refractivity contribution in [2.45, 2.75) is 136 Å². The Morgan fingerprint density at radius 1 is 0.548 bits per heavy atom. The van der Waals surface area contributed by atoms with Gasteiger partial charge < -0.3 is 14.8 Å². The Morgan fingerprint density at radius 2 is 1.06 bits per heavy atom. The van der Waals surface area contributed by atoms with Crippen LogP contribution in [0.1, 0.15) is 136 Å². The highest BCUT2D eigenvalue weighted by atomic mass is 16.5. The van der Waals surface area contributed by atoms with Crippen LogP contribution in [0.3, 0.4) is 0 Å². The van der Waals surface area contributed by atoms with Gasteiger partial charge >= 0.3 is 12.1 Å². The van der Waals surface area contributed by atoms with Gasteiger partial charge in [0.1, 0.15) is 0 Å². The first-order valence-electron chi connectivity index (χ1n) is 13.3. The predicted octanol–water partition coefficient (Wildman–Crippen LogP) is 7.71. The molecule has 0 unspecified atom stereocenters. The van der Waals surface area contributed by atoms with Crippen molar-refractivity contribution in [2.24, 2.45) is 0 Å². The molecule has 0 spiro atoms. The van der Waals surface area contributed by atoms with Crippen LogP contribution in [-0.4, -0.2) is 31.8 Å². The summed E-state index contributed by atoms with van der Waals surface area (Å²) in [4.78, 5) is 23.0. The lowest BCUT2D eigenvalue weighted by Crippen LogP contribution is -2.25. The summed E-state index contributed by atoms with van der Waals surface area (Å²) in [5.74, 6) is -0.0926. The van der Waals surface area contributed by atoms with Crippen LogP contribution in [0, 0.1) is 0 Å². The lowest BCUT2D eigenvalue weighted by Gasteiger charge is -2.06. The SMILES string of the molecule is CCCCCCCCCCCCCCCCOC(=O)CCCCCNC(=O)OCCC. The summed E-state index contributed by atoms with van der Waals surface area (Å²) in [5.41, 5.74) is 0. The van der Waals surface area contributed by atoms with Gasteiger partial charge in [0.15, 0.2) is 0 Å². The zero-order chi connectivity index (χ0) is 22.8. The van der Waals surface area contributed by atoms with Crippen LogP contribution in [0.2, 0.25) is 0 Å². The molecule has 184 valence electrons. The summed E-state index contributed by atoms with van der Waals surface area (Å²) >= 11 is 0. The average molecular weight is 442 g/mol. The Labute approximate surface area is 192 Å². The third-order valence-electron chi connectivity index (χ3n) is 5.53. The summed E-state index contributed by atoms with van der Waals surface area (Å²) in [6, 6.07) is 0. The van der Waals surface area contributed by atoms with Crippen LogP contribution in [0.5, 0.6) is 0 Å². The standard InChI is InChI=1S/C26H51NO4/c1-3-5-6-7-8-9-10-11-12-13-14-15-16-20-24-30-25(28)21-18-17-19-22-27-26(29)31-23-4-2/h3-24H2,1-2H3,(H,27,29). The number of alkyl carbamates (subject to hydrolysis) is 1. The third kappa shape index (κ3) is 24.9. The largest absolute Gasteiger partial charge is 0.466 e. The second-order valence-corrected chi connectivity index (χ2v) is 8.69. The molecule has 0 saturated heterocycles. The number of esters is 1. The minimum atomic E-state index is -0.352. The fourth-order valence-corrected chi connectivity index (χ4v) is 3.56. The predicted molar refractivity (Wildman–Crippen MR) is 129 cm³/mol. The molecule has 0 aromatic heterocycles. The summed E-state index contributed by atoms with van der Waals surface area (Å²) in [7, 11) is 0. The number of amides is 1. The number of carbonyl (C=O) groups is 2. The fourth-order valence-electron chi connectivity index (χ4n) is 3.56. The van der Waals surface area contributed by atoms with Gasteiger partial charge in [0, 0.05) is 13.0 Å². The molecular formula is C26H51NO4. The molecule has 0 radical (unpaired) electrons. The van der Waals surface area contributed by atoms with Crippen molar-refractivity contribution in [3.05, 3.63) is 0 Å². The Balaban J connectivity index is 3.20. The lowest BCUT2D eigenvalue weighted by molar-refractivity contribution is -0.143. The van der Waals surface area contributed by atoms with Gasteiger partial charge in [0.05, 0.1) is 13.2 Å². The van der Waals surface area contributed by atoms with Gasteiger partial charge in [0.2, 0.25) is 0 Å². The van der Waals surface area contributed by atoms with Gasteiger partial charge in [-0.25, -0.2) is 4.79 Å². The van der Waals surface area contributed by atoms with E-state index < -0.39 is 0 Å². The molecule has 0 aliphatic carbocycles. The molecule has 1 N–H and O–H groups in total. The Hall–Kier alpha value is -1.26. The zero-order valence-electron chi connectivity index (χ0n) is 20.7. The number of ether oxygens (including phenoxy) is 2. The molecule has 0 aromatic rings. The van der Waals surface area contributed by atoms with Crippen molar-refractivity contribution in [1.82, 2.24) is 5.32 Å². The van der Waals surface area contributed by atoms with Crippen LogP contribution in [-0.2, 0) is 14.3 Å². The summed E-state index contributed by atoms with van der Waals surface area (Å²) < 4.78 is 10.2. The minimum Gasteiger partial charge on any atom is -0.466 e. The first-order chi connectivity index (χ1) is 15.2. The van der Waals surface area contributed by atoms with Gasteiger partial charge in [-0.2, -0.15) is 0 Å². The summed E-state index contributed by atoms with van der Waals surface area (Å²) in [6.07, 6.45) is 22.2. The van der Waals surface area contributed by atoms with Crippen molar-refractivity contribution >= 4 is 12.1 Å². The highest BCUT2D eigenvalue weighted by molar-refractivity contribution is 5.69. The summed E-state index contributed by atoms with van der Waals surface area (Å²) in [6.45, 7) is 5.84. The number of hydrogen-bond acceptors (Lipinski definition) is 4. The smallest absolute Gasteiger partial charge is 0.407 e. The van der Waals surface area contributed by atoms with Crippen molar-refractivity contribution in [3.8, 4) is 0 Å². The van der Waals surface area contributed by atoms with E-state index in [-0.39, 0.29) is 12.1 Å². The Morgan fingerprint density at radius 3 is 1.61 bits per heavy atom. The van der Waals surface area contributed by atoms with E-state index in [1.54, 1.807) is 0 Å². The Bertz CT molecular complexity index is 401. The molecule has 0 atom stereocenters. The van der Waals surface area contributed by atoms with E-state index in [0.29, 0.717) is 26.2 Å². The summed E-state index contributed by atoms with van der Waals surface area (Å²) in [5, 5.41) is 2.71.